The summed E-state index contributed by atoms with van der Waals surface area (Å²) in [4.78, 5) is 12.4. The third-order valence-corrected chi connectivity index (χ3v) is 5.47. The van der Waals surface area contributed by atoms with Crippen molar-refractivity contribution in [2.45, 2.75) is 13.5 Å². The predicted molar refractivity (Wildman–Crippen MR) is 113 cm³/mol. The van der Waals surface area contributed by atoms with Gasteiger partial charge < -0.3 is 5.32 Å². The van der Waals surface area contributed by atoms with Gasteiger partial charge in [-0.3, -0.25) is 9.10 Å². The van der Waals surface area contributed by atoms with Gasteiger partial charge in [-0.2, -0.15) is 0 Å². The Balaban J connectivity index is 1.78. The Morgan fingerprint density at radius 1 is 1.00 bits per heavy atom. The van der Waals surface area contributed by atoms with E-state index in [1.54, 1.807) is 36.4 Å². The minimum atomic E-state index is -3.70. The van der Waals surface area contributed by atoms with Gasteiger partial charge in [-0.15, -0.1) is 0 Å². The average molecular weight is 412 g/mol. The molecule has 0 saturated carbocycles. The highest BCUT2D eigenvalue weighted by Gasteiger charge is 2.21. The largest absolute Gasteiger partial charge is 0.322 e. The molecule has 7 heteroatoms. The molecule has 1 amide bonds. The Bertz CT molecular complexity index is 1130. The molecule has 0 radical (unpaired) electrons. The fourth-order valence-corrected chi connectivity index (χ4v) is 3.78. The third kappa shape index (κ3) is 5.20. The van der Waals surface area contributed by atoms with E-state index in [0.29, 0.717) is 16.8 Å². The number of anilines is 2. The first kappa shape index (κ1) is 20.5. The molecule has 0 unspecified atom stereocenters. The van der Waals surface area contributed by atoms with Crippen molar-refractivity contribution in [1.82, 2.24) is 0 Å². The number of hydrogen-bond donors (Lipinski definition) is 1. The van der Waals surface area contributed by atoms with E-state index in [2.05, 4.69) is 5.32 Å². The number of aryl methyl sites for hydroxylation is 1. The van der Waals surface area contributed by atoms with E-state index in [1.165, 1.54) is 18.2 Å². The van der Waals surface area contributed by atoms with Crippen molar-refractivity contribution in [2.75, 3.05) is 15.9 Å². The summed E-state index contributed by atoms with van der Waals surface area (Å²) >= 11 is 0. The standard InChI is InChI=1S/C22H21FN2O3S/c1-16-6-5-7-19(14-16)24-22(26)18-12-10-17(11-13-18)15-25(29(2,27)28)21-9-4-3-8-20(21)23/h3-14H,15H2,1-2H3,(H,24,26). The molecule has 3 aromatic carbocycles. The van der Waals surface area contributed by atoms with E-state index in [9.17, 15) is 17.6 Å². The summed E-state index contributed by atoms with van der Waals surface area (Å²) in [5.41, 5.74) is 2.78. The first-order chi connectivity index (χ1) is 13.7. The Morgan fingerprint density at radius 2 is 1.69 bits per heavy atom. The van der Waals surface area contributed by atoms with Crippen molar-refractivity contribution < 1.29 is 17.6 Å². The summed E-state index contributed by atoms with van der Waals surface area (Å²) in [6, 6.07) is 19.7. The topological polar surface area (TPSA) is 66.5 Å². The Morgan fingerprint density at radius 3 is 2.31 bits per heavy atom. The molecule has 0 spiro atoms. The molecule has 29 heavy (non-hydrogen) atoms. The second kappa shape index (κ2) is 8.45. The second-order valence-corrected chi connectivity index (χ2v) is 8.65. The molecule has 0 aromatic heterocycles. The molecule has 0 bridgehead atoms. The predicted octanol–water partition coefficient (Wildman–Crippen LogP) is 4.35. The lowest BCUT2D eigenvalue weighted by atomic mass is 10.1. The summed E-state index contributed by atoms with van der Waals surface area (Å²) in [5, 5.41) is 2.82. The van der Waals surface area contributed by atoms with Crippen molar-refractivity contribution in [3.8, 4) is 0 Å². The Hall–Kier alpha value is -3.19. The van der Waals surface area contributed by atoms with Gasteiger partial charge in [0.05, 0.1) is 18.5 Å². The van der Waals surface area contributed by atoms with Crippen LogP contribution < -0.4 is 9.62 Å². The number of para-hydroxylation sites is 1. The summed E-state index contributed by atoms with van der Waals surface area (Å²) in [6.07, 6.45) is 1.03. The third-order valence-electron chi connectivity index (χ3n) is 4.34. The lowest BCUT2D eigenvalue weighted by molar-refractivity contribution is 0.102. The van der Waals surface area contributed by atoms with Crippen LogP contribution in [0.15, 0.2) is 72.8 Å². The molecular formula is C22H21FN2O3S. The number of carbonyl (C=O) groups excluding carboxylic acids is 1. The van der Waals surface area contributed by atoms with Crippen LogP contribution in [-0.2, 0) is 16.6 Å². The van der Waals surface area contributed by atoms with Crippen LogP contribution in [0.3, 0.4) is 0 Å². The lowest BCUT2D eigenvalue weighted by Crippen LogP contribution is -2.30. The van der Waals surface area contributed by atoms with Crippen LogP contribution in [0.5, 0.6) is 0 Å². The molecule has 1 N–H and O–H groups in total. The molecule has 0 fully saturated rings. The fourth-order valence-electron chi connectivity index (χ4n) is 2.89. The van der Waals surface area contributed by atoms with E-state index < -0.39 is 15.8 Å². The zero-order valence-corrected chi connectivity index (χ0v) is 16.9. The van der Waals surface area contributed by atoms with Gasteiger partial charge in [0.1, 0.15) is 5.82 Å². The normalized spacial score (nSPS) is 11.1. The molecule has 0 atom stereocenters. The van der Waals surface area contributed by atoms with Crippen molar-refractivity contribution in [3.63, 3.8) is 0 Å². The smallest absolute Gasteiger partial charge is 0.255 e. The maximum atomic E-state index is 14.1. The fraction of sp³-hybridized carbons (Fsp3) is 0.136. The van der Waals surface area contributed by atoms with Crippen LogP contribution in [-0.4, -0.2) is 20.6 Å². The van der Waals surface area contributed by atoms with Gasteiger partial charge in [-0.1, -0.05) is 36.4 Å². The van der Waals surface area contributed by atoms with Gasteiger partial charge in [0.15, 0.2) is 0 Å². The van der Waals surface area contributed by atoms with E-state index in [-0.39, 0.29) is 18.1 Å². The number of amides is 1. The highest BCUT2D eigenvalue weighted by Crippen LogP contribution is 2.24. The Labute approximate surface area is 169 Å². The summed E-state index contributed by atoms with van der Waals surface area (Å²) in [7, 11) is -3.70. The van der Waals surface area contributed by atoms with E-state index >= 15 is 0 Å². The summed E-state index contributed by atoms with van der Waals surface area (Å²) < 4.78 is 39.5. The molecule has 150 valence electrons. The highest BCUT2D eigenvalue weighted by atomic mass is 32.2. The minimum absolute atomic E-state index is 0.0173. The number of carbonyl (C=O) groups is 1. The van der Waals surface area contributed by atoms with Gasteiger partial charge in [0, 0.05) is 11.3 Å². The molecule has 0 saturated heterocycles. The van der Waals surface area contributed by atoms with Crippen molar-refractivity contribution in [1.29, 1.82) is 0 Å². The molecule has 0 aliphatic carbocycles. The number of rotatable bonds is 6. The lowest BCUT2D eigenvalue weighted by Gasteiger charge is -2.23. The monoisotopic (exact) mass is 412 g/mol. The zero-order valence-electron chi connectivity index (χ0n) is 16.1. The second-order valence-electron chi connectivity index (χ2n) is 6.74. The molecule has 3 rings (SSSR count). The van der Waals surface area contributed by atoms with Crippen molar-refractivity contribution in [3.05, 3.63) is 95.3 Å². The summed E-state index contributed by atoms with van der Waals surface area (Å²) in [6.45, 7) is 1.90. The number of nitrogens with zero attached hydrogens (tertiary/aromatic N) is 1. The van der Waals surface area contributed by atoms with Crippen LogP contribution in [0.25, 0.3) is 0 Å². The van der Waals surface area contributed by atoms with Gasteiger partial charge in [0.25, 0.3) is 5.91 Å². The van der Waals surface area contributed by atoms with E-state index in [1.807, 2.05) is 25.1 Å². The van der Waals surface area contributed by atoms with Crippen LogP contribution in [0.4, 0.5) is 15.8 Å². The Kier molecular flexibility index (Phi) is 5.98. The molecule has 3 aromatic rings. The quantitative estimate of drug-likeness (QED) is 0.654. The van der Waals surface area contributed by atoms with Crippen LogP contribution in [0, 0.1) is 12.7 Å². The summed E-state index contributed by atoms with van der Waals surface area (Å²) in [5.74, 6) is -0.886. The van der Waals surface area contributed by atoms with Crippen LogP contribution >= 0.6 is 0 Å². The molecular weight excluding hydrogens is 391 g/mol. The van der Waals surface area contributed by atoms with Gasteiger partial charge in [0.2, 0.25) is 10.0 Å². The first-order valence-electron chi connectivity index (χ1n) is 8.93. The van der Waals surface area contributed by atoms with Gasteiger partial charge >= 0.3 is 0 Å². The number of nitrogens with one attached hydrogen (secondary N) is 1. The molecule has 0 aliphatic heterocycles. The minimum Gasteiger partial charge on any atom is -0.322 e. The van der Waals surface area contributed by atoms with Crippen molar-refractivity contribution >= 4 is 27.3 Å². The zero-order chi connectivity index (χ0) is 21.0. The molecule has 0 heterocycles. The maximum absolute atomic E-state index is 14.1. The number of benzene rings is 3. The average Bonchev–Trinajstić information content (AvgIpc) is 2.66. The van der Waals surface area contributed by atoms with E-state index in [4.69, 9.17) is 0 Å². The number of hydrogen-bond acceptors (Lipinski definition) is 3. The first-order valence-corrected chi connectivity index (χ1v) is 10.8. The molecule has 5 nitrogen and oxygen atoms in total. The highest BCUT2D eigenvalue weighted by molar-refractivity contribution is 7.92. The van der Waals surface area contributed by atoms with Gasteiger partial charge in [-0.25, -0.2) is 12.8 Å². The van der Waals surface area contributed by atoms with E-state index in [0.717, 1.165) is 16.1 Å². The van der Waals surface area contributed by atoms with Crippen molar-refractivity contribution in [2.24, 2.45) is 0 Å². The molecule has 0 aliphatic rings. The number of halogens is 1. The van der Waals surface area contributed by atoms with Crippen LogP contribution in [0.1, 0.15) is 21.5 Å². The number of sulfonamides is 1. The van der Waals surface area contributed by atoms with Crippen LogP contribution in [0.2, 0.25) is 0 Å². The maximum Gasteiger partial charge on any atom is 0.255 e. The van der Waals surface area contributed by atoms with Gasteiger partial charge in [-0.05, 0) is 54.4 Å². The SMILES string of the molecule is Cc1cccc(NC(=O)c2ccc(CN(c3ccccc3F)S(C)(=O)=O)cc2)c1.